The Hall–Kier alpha value is -3.02. The fourth-order valence-corrected chi connectivity index (χ4v) is 2.43. The number of hydrogen-bond acceptors (Lipinski definition) is 4. The summed E-state index contributed by atoms with van der Waals surface area (Å²) >= 11 is 0. The number of anilines is 4. The Kier molecular flexibility index (Phi) is 4.37. The van der Waals surface area contributed by atoms with E-state index in [4.69, 9.17) is 0 Å². The molecule has 122 valence electrons. The van der Waals surface area contributed by atoms with Gasteiger partial charge in [-0.3, -0.25) is 0 Å². The van der Waals surface area contributed by atoms with E-state index in [2.05, 4.69) is 26.7 Å². The average Bonchev–Trinajstić information content (AvgIpc) is 2.50. The van der Waals surface area contributed by atoms with Gasteiger partial charge < -0.3 is 10.6 Å². The summed E-state index contributed by atoms with van der Waals surface area (Å²) in [6, 6.07) is 11.3. The molecule has 6 heteroatoms. The number of aromatic nitrogens is 2. The van der Waals surface area contributed by atoms with Gasteiger partial charge in [-0.15, -0.1) is 0 Å². The van der Waals surface area contributed by atoms with Crippen molar-refractivity contribution in [1.82, 2.24) is 9.97 Å². The fourth-order valence-electron chi connectivity index (χ4n) is 2.43. The fraction of sp³-hybridized carbons (Fsp3) is 0.111. The maximum absolute atomic E-state index is 13.7. The number of halogens is 2. The van der Waals surface area contributed by atoms with E-state index in [-0.39, 0.29) is 5.69 Å². The Morgan fingerprint density at radius 3 is 2.00 bits per heavy atom. The minimum absolute atomic E-state index is 0.242. The third-order valence-electron chi connectivity index (χ3n) is 3.38. The molecule has 0 aliphatic heterocycles. The Labute approximate surface area is 138 Å². The number of benzene rings is 2. The van der Waals surface area contributed by atoms with E-state index >= 15 is 0 Å². The van der Waals surface area contributed by atoms with Crippen molar-refractivity contribution in [3.63, 3.8) is 0 Å². The Balaban J connectivity index is 1.84. The predicted molar refractivity (Wildman–Crippen MR) is 90.9 cm³/mol. The zero-order valence-corrected chi connectivity index (χ0v) is 13.3. The van der Waals surface area contributed by atoms with Gasteiger partial charge in [0.2, 0.25) is 0 Å². The lowest BCUT2D eigenvalue weighted by Gasteiger charge is -2.11. The molecule has 0 saturated carbocycles. The summed E-state index contributed by atoms with van der Waals surface area (Å²) in [7, 11) is 0. The Morgan fingerprint density at radius 2 is 1.38 bits per heavy atom. The van der Waals surface area contributed by atoms with Gasteiger partial charge in [0.05, 0.1) is 0 Å². The van der Waals surface area contributed by atoms with E-state index < -0.39 is 11.6 Å². The van der Waals surface area contributed by atoms with E-state index in [0.29, 0.717) is 11.6 Å². The van der Waals surface area contributed by atoms with Crippen molar-refractivity contribution in [3.05, 3.63) is 71.6 Å². The van der Waals surface area contributed by atoms with E-state index in [9.17, 15) is 8.78 Å². The molecule has 2 aromatic carbocycles. The molecule has 1 aromatic heterocycles. The average molecular weight is 326 g/mol. The van der Waals surface area contributed by atoms with Crippen molar-refractivity contribution in [2.75, 3.05) is 10.6 Å². The third-order valence-corrected chi connectivity index (χ3v) is 3.38. The number of para-hydroxylation sites is 1. The van der Waals surface area contributed by atoms with Crippen LogP contribution in [-0.2, 0) is 0 Å². The van der Waals surface area contributed by atoms with Gasteiger partial charge in [-0.05, 0) is 49.2 Å². The predicted octanol–water partition coefficient (Wildman–Crippen LogP) is 4.86. The van der Waals surface area contributed by atoms with E-state index in [1.54, 1.807) is 6.07 Å². The molecule has 0 bridgehead atoms. The first kappa shape index (κ1) is 15.9. The zero-order chi connectivity index (χ0) is 17.1. The normalized spacial score (nSPS) is 10.5. The number of nitrogens with zero attached hydrogens (tertiary/aromatic N) is 2. The van der Waals surface area contributed by atoms with E-state index in [0.717, 1.165) is 16.8 Å². The lowest BCUT2D eigenvalue weighted by atomic mass is 10.1. The zero-order valence-electron chi connectivity index (χ0n) is 13.3. The summed E-state index contributed by atoms with van der Waals surface area (Å²) in [5, 5.41) is 5.81. The Morgan fingerprint density at radius 1 is 0.792 bits per heavy atom. The maximum atomic E-state index is 13.7. The van der Waals surface area contributed by atoms with Crippen LogP contribution < -0.4 is 10.6 Å². The van der Waals surface area contributed by atoms with Gasteiger partial charge in [0.15, 0.2) is 0 Å². The summed E-state index contributed by atoms with van der Waals surface area (Å²) in [6.07, 6.45) is 1.33. The van der Waals surface area contributed by atoms with Crippen LogP contribution in [0.2, 0.25) is 0 Å². The molecule has 0 fully saturated rings. The van der Waals surface area contributed by atoms with E-state index in [1.807, 2.05) is 26.0 Å². The lowest BCUT2D eigenvalue weighted by molar-refractivity contribution is 0.590. The molecule has 2 N–H and O–H groups in total. The van der Waals surface area contributed by atoms with Crippen molar-refractivity contribution in [2.45, 2.75) is 13.8 Å². The maximum Gasteiger partial charge on any atom is 0.149 e. The number of hydrogen-bond donors (Lipinski definition) is 2. The van der Waals surface area contributed by atoms with Crippen LogP contribution in [-0.4, -0.2) is 9.97 Å². The Bertz CT molecular complexity index is 840. The minimum Gasteiger partial charge on any atom is -0.340 e. The number of aryl methyl sites for hydroxylation is 2. The van der Waals surface area contributed by atoms with Crippen LogP contribution in [0.15, 0.2) is 48.8 Å². The molecular formula is C18H16F2N4. The van der Waals surface area contributed by atoms with Crippen molar-refractivity contribution in [3.8, 4) is 0 Å². The number of nitrogens with one attached hydrogen (secondary N) is 2. The van der Waals surface area contributed by atoms with E-state index in [1.165, 1.54) is 24.5 Å². The smallest absolute Gasteiger partial charge is 0.149 e. The molecule has 0 radical (unpaired) electrons. The van der Waals surface area contributed by atoms with Crippen LogP contribution >= 0.6 is 0 Å². The standard InChI is InChI=1S/C18H16F2N4/c1-11-6-12(2)8-13(7-11)23-16-9-17(22-10-21-16)24-18-14(19)4-3-5-15(18)20/h3-10H,1-2H3,(H2,21,22,23,24). The van der Waals surface area contributed by atoms with Crippen LogP contribution in [0.25, 0.3) is 0 Å². The summed E-state index contributed by atoms with van der Waals surface area (Å²) < 4.78 is 27.4. The van der Waals surface area contributed by atoms with Crippen molar-refractivity contribution >= 4 is 23.0 Å². The van der Waals surface area contributed by atoms with Crippen LogP contribution in [0.5, 0.6) is 0 Å². The highest BCUT2D eigenvalue weighted by atomic mass is 19.1. The topological polar surface area (TPSA) is 49.8 Å². The van der Waals surface area contributed by atoms with Crippen LogP contribution in [0.4, 0.5) is 31.8 Å². The van der Waals surface area contributed by atoms with Crippen LogP contribution in [0.1, 0.15) is 11.1 Å². The molecule has 0 aliphatic rings. The van der Waals surface area contributed by atoms with Gasteiger partial charge in [0.1, 0.15) is 35.3 Å². The highest BCUT2D eigenvalue weighted by Crippen LogP contribution is 2.24. The molecule has 0 saturated heterocycles. The molecule has 1 heterocycles. The second-order valence-electron chi connectivity index (χ2n) is 5.51. The van der Waals surface area contributed by atoms with Gasteiger partial charge in [-0.1, -0.05) is 12.1 Å². The largest absolute Gasteiger partial charge is 0.340 e. The molecular weight excluding hydrogens is 310 g/mol. The first-order valence-corrected chi connectivity index (χ1v) is 7.39. The minimum atomic E-state index is -0.683. The monoisotopic (exact) mass is 326 g/mol. The quantitative estimate of drug-likeness (QED) is 0.719. The SMILES string of the molecule is Cc1cc(C)cc(Nc2cc(Nc3c(F)cccc3F)ncn2)c1. The molecule has 4 nitrogen and oxygen atoms in total. The molecule has 0 atom stereocenters. The molecule has 0 aliphatic carbocycles. The van der Waals surface area contributed by atoms with Gasteiger partial charge in [0, 0.05) is 11.8 Å². The molecule has 0 amide bonds. The lowest BCUT2D eigenvalue weighted by Crippen LogP contribution is -2.01. The van der Waals surface area contributed by atoms with Gasteiger partial charge in [-0.2, -0.15) is 0 Å². The van der Waals surface area contributed by atoms with Crippen LogP contribution in [0.3, 0.4) is 0 Å². The summed E-state index contributed by atoms with van der Waals surface area (Å²) in [6.45, 7) is 4.01. The molecule has 3 rings (SSSR count). The summed E-state index contributed by atoms with van der Waals surface area (Å²) in [4.78, 5) is 8.13. The third kappa shape index (κ3) is 3.65. The van der Waals surface area contributed by atoms with Crippen molar-refractivity contribution < 1.29 is 8.78 Å². The van der Waals surface area contributed by atoms with Crippen molar-refractivity contribution in [1.29, 1.82) is 0 Å². The first-order chi connectivity index (χ1) is 11.5. The second-order valence-corrected chi connectivity index (χ2v) is 5.51. The molecule has 0 spiro atoms. The highest BCUT2D eigenvalue weighted by Gasteiger charge is 2.09. The van der Waals surface area contributed by atoms with Gasteiger partial charge in [0.25, 0.3) is 0 Å². The first-order valence-electron chi connectivity index (χ1n) is 7.39. The molecule has 0 unspecified atom stereocenters. The van der Waals surface area contributed by atoms with Crippen molar-refractivity contribution in [2.24, 2.45) is 0 Å². The van der Waals surface area contributed by atoms with Gasteiger partial charge in [-0.25, -0.2) is 18.7 Å². The molecule has 3 aromatic rings. The summed E-state index contributed by atoms with van der Waals surface area (Å²) in [5.41, 5.74) is 2.89. The summed E-state index contributed by atoms with van der Waals surface area (Å²) in [5.74, 6) is -0.551. The second kappa shape index (κ2) is 6.62. The van der Waals surface area contributed by atoms with Gasteiger partial charge >= 0.3 is 0 Å². The molecule has 24 heavy (non-hydrogen) atoms. The van der Waals surface area contributed by atoms with Crippen LogP contribution in [0, 0.1) is 25.5 Å². The number of rotatable bonds is 4. The highest BCUT2D eigenvalue weighted by molar-refractivity contribution is 5.64.